The Hall–Kier alpha value is -10.1. The lowest BCUT2D eigenvalue weighted by Gasteiger charge is -2.42. The summed E-state index contributed by atoms with van der Waals surface area (Å²) < 4.78 is 60.6. The molecule has 6 N–H and O–H groups in total. The third-order valence-corrected chi connectivity index (χ3v) is 25.5. The van der Waals surface area contributed by atoms with Crippen molar-refractivity contribution < 1.29 is 95.9 Å². The number of pyridine rings is 1. The first-order chi connectivity index (χ1) is 62.7. The summed E-state index contributed by atoms with van der Waals surface area (Å²) in [5, 5.41) is 33.3. The SMILES string of the molecule is CO[C@H]1C[C@@H]2CC[C@@H](C)[C@@](O)(O2)C(=O)C(=O)N2CCCC[C@H]2C(=O)O[C@H]([C@H](C)C[C@@H]2CC[C@@H](OC(=O)CCCOCCOCCOCCOCCC(=O)CCc3cnc(N4CCN(c5ncc(C(=O)NCCCCn6nc(-c7cnc8[nH]ccc8c7)c7c(N)ncnc76)cn5)CC4)nc3)[C@H](OC)C2)CC(=O)[C@H](C)/C=C(\C)[C@@H](O)[C@@H](OC)C(=O)[C@H](C)C[C@H](C)/C=C/C=C/C=C/1C. The van der Waals surface area contributed by atoms with Crippen LogP contribution in [0.1, 0.15) is 180 Å². The van der Waals surface area contributed by atoms with Gasteiger partial charge in [0, 0.05) is 172 Å². The number of methoxy groups -OCH3 is 3. The van der Waals surface area contributed by atoms with Gasteiger partial charge >= 0.3 is 11.9 Å². The standard InChI is InChI=1S/C95H133N15O20/c1-60-19-12-11-13-20-61(2)77(121-8)52-73-27-23-66(7)95(120,130-73)86(116)91(118)109-33-16-14-21-74(109)92(119)129-78(53-75(112)62(3)48-65(6)84(115)85(123-10)83(114)64(5)47-60)63(4)49-67-25-28-76(79(50-67)122-9)128-80(113)22-18-39-124-41-43-126-45-46-127-44-42-125-40-30-72(111)26-24-68-54-100-93(101-55-68)107-35-37-108(38-36-107)94-102-57-71(58-103-94)90(117)98-31-15-17-34-110-89-81(87(96)104-59-105-89)82(106-110)70-51-69-29-32-97-88(69)99-56-70/h11-13,19-20,29,32,48,51,54-60,62-64,66-67,73-74,76-79,84-85,115,120H,14-18,21-28,30-31,33-47,49-50,52-53H2,1-10H3,(H,97,99)(H,98,117)(H2,96,104,105)/b13-11+,19-12+,61-20+,65-48+/t60-,62-,63-,64-,66-,67+,73+,74+,76-,77+,78+,79-,84-,85+,95-/m1/s1. The van der Waals surface area contributed by atoms with E-state index in [0.717, 1.165) is 34.2 Å². The zero-order valence-corrected chi connectivity index (χ0v) is 77.0. The van der Waals surface area contributed by atoms with E-state index in [2.05, 4.69) is 55.0 Å². The van der Waals surface area contributed by atoms with Gasteiger partial charge in [0.1, 0.15) is 65.5 Å². The number of carbonyl (C=O) groups excluding carboxylic acids is 8. The van der Waals surface area contributed by atoms with Crippen LogP contribution in [0, 0.1) is 35.5 Å². The minimum Gasteiger partial charge on any atom is -0.460 e. The maximum atomic E-state index is 14.8. The number of nitrogens with zero attached hydrogens (tertiary/aromatic N) is 12. The second-order valence-electron chi connectivity index (χ2n) is 35.2. The molecular weight excluding hydrogens is 1670 g/mol. The van der Waals surface area contributed by atoms with Gasteiger partial charge in [0.25, 0.3) is 17.6 Å². The van der Waals surface area contributed by atoms with Gasteiger partial charge in [-0.15, -0.1) is 0 Å². The molecule has 2 bridgehead atoms. The van der Waals surface area contributed by atoms with E-state index in [1.807, 2.05) is 74.2 Å². The molecule has 130 heavy (non-hydrogen) atoms. The fourth-order valence-electron chi connectivity index (χ4n) is 17.6. The summed E-state index contributed by atoms with van der Waals surface area (Å²) in [6, 6.07) is 2.74. The number of aliphatic hydroxyl groups is 2. The number of nitrogens with one attached hydrogen (secondary N) is 2. The summed E-state index contributed by atoms with van der Waals surface area (Å²) in [5.41, 5.74) is 11.6. The molecule has 1 aliphatic carbocycles. The number of aromatic nitrogens is 10. The number of carbonyl (C=O) groups is 8. The van der Waals surface area contributed by atoms with Crippen LogP contribution < -0.4 is 20.9 Å². The van der Waals surface area contributed by atoms with E-state index in [9.17, 15) is 48.6 Å². The van der Waals surface area contributed by atoms with Gasteiger partial charge in [0.15, 0.2) is 11.4 Å². The number of nitrogens with two attached hydrogens (primary N) is 1. The molecule has 4 aliphatic heterocycles. The van der Waals surface area contributed by atoms with Crippen molar-refractivity contribution in [3.63, 3.8) is 0 Å². The highest BCUT2D eigenvalue weighted by Gasteiger charge is 2.53. The Morgan fingerprint density at radius 2 is 1.42 bits per heavy atom. The van der Waals surface area contributed by atoms with Crippen molar-refractivity contribution in [3.05, 3.63) is 114 Å². The van der Waals surface area contributed by atoms with Crippen molar-refractivity contribution in [2.75, 3.05) is 129 Å². The molecule has 15 atom stereocenters. The Morgan fingerprint density at radius 3 is 2.12 bits per heavy atom. The molecule has 0 radical (unpaired) electrons. The van der Waals surface area contributed by atoms with Gasteiger partial charge in [-0.05, 0) is 150 Å². The number of ether oxygens (including phenoxy) is 10. The van der Waals surface area contributed by atoms with Crippen LogP contribution in [-0.2, 0) is 93.9 Å². The van der Waals surface area contributed by atoms with Crippen molar-refractivity contribution in [1.82, 2.24) is 59.9 Å². The quantitative estimate of drug-likeness (QED) is 0.0107. The smallest absolute Gasteiger partial charge is 0.329 e. The first kappa shape index (κ1) is 100. The molecule has 5 aliphatic rings. The highest BCUT2D eigenvalue weighted by molar-refractivity contribution is 6.39. The lowest BCUT2D eigenvalue weighted by Crippen LogP contribution is -2.61. The Bertz CT molecular complexity index is 4840. The molecule has 0 spiro atoms. The molecule has 6 aromatic heterocycles. The number of fused-ring (bicyclic) bond motifs is 5. The van der Waals surface area contributed by atoms with E-state index in [0.29, 0.717) is 215 Å². The Labute approximate surface area is 760 Å². The number of allylic oxidation sites excluding steroid dienone is 6. The Balaban J connectivity index is 0.537. The van der Waals surface area contributed by atoms with Crippen molar-refractivity contribution in [2.24, 2.45) is 35.5 Å². The van der Waals surface area contributed by atoms with Crippen molar-refractivity contribution in [1.29, 1.82) is 0 Å². The number of H-pyrrole nitrogens is 1. The van der Waals surface area contributed by atoms with E-state index in [1.165, 1.54) is 18.3 Å². The van der Waals surface area contributed by atoms with Crippen LogP contribution in [0.25, 0.3) is 33.3 Å². The minimum atomic E-state index is -2.48. The molecule has 1 saturated carbocycles. The van der Waals surface area contributed by atoms with Crippen molar-refractivity contribution in [3.8, 4) is 11.3 Å². The second-order valence-corrected chi connectivity index (χ2v) is 35.2. The van der Waals surface area contributed by atoms with E-state index >= 15 is 0 Å². The maximum Gasteiger partial charge on any atom is 0.329 e. The third-order valence-electron chi connectivity index (χ3n) is 25.5. The molecule has 4 fully saturated rings. The highest BCUT2D eigenvalue weighted by atomic mass is 16.6. The van der Waals surface area contributed by atoms with Gasteiger partial charge in [0.05, 0.1) is 75.5 Å². The van der Waals surface area contributed by atoms with Crippen LogP contribution >= 0.6 is 0 Å². The molecule has 10 heterocycles. The number of hydrogen-bond acceptors (Lipinski definition) is 31. The molecule has 708 valence electrons. The zero-order chi connectivity index (χ0) is 92.8. The minimum absolute atomic E-state index is 0.0118. The maximum absolute atomic E-state index is 14.8. The second kappa shape index (κ2) is 50.0. The number of piperazine rings is 1. The lowest BCUT2D eigenvalue weighted by atomic mass is 9.78. The first-order valence-electron chi connectivity index (χ1n) is 46.1. The normalized spacial score (nSPS) is 26.8. The van der Waals surface area contributed by atoms with Gasteiger partial charge in [-0.1, -0.05) is 71.1 Å². The topological polar surface area (TPSA) is 441 Å². The number of ketones is 4. The Morgan fingerprint density at radius 1 is 0.715 bits per heavy atom. The van der Waals surface area contributed by atoms with Crippen LogP contribution in [0.2, 0.25) is 0 Å². The van der Waals surface area contributed by atoms with Crippen LogP contribution in [0.15, 0.2) is 103 Å². The molecule has 6 aromatic rings. The van der Waals surface area contributed by atoms with E-state index in [4.69, 9.17) is 58.2 Å². The number of hydrogen-bond donors (Lipinski definition) is 5. The summed E-state index contributed by atoms with van der Waals surface area (Å²) in [7, 11) is 4.51. The average molecular weight is 1810 g/mol. The molecule has 11 rings (SSSR count). The van der Waals surface area contributed by atoms with Crippen LogP contribution in [0.3, 0.4) is 0 Å². The van der Waals surface area contributed by atoms with Crippen molar-refractivity contribution in [2.45, 2.75) is 232 Å². The number of piperidine rings is 1. The van der Waals surface area contributed by atoms with Crippen LogP contribution in [0.4, 0.5) is 17.7 Å². The molecular formula is C95H133N15O20. The number of amides is 2. The van der Waals surface area contributed by atoms with Gasteiger partial charge in [-0.2, -0.15) is 5.10 Å². The average Bonchev–Trinajstić information content (AvgIpc) is 1.57. The molecule has 35 nitrogen and oxygen atoms in total. The molecule has 2 amide bonds. The van der Waals surface area contributed by atoms with Crippen molar-refractivity contribution >= 4 is 86.7 Å². The molecule has 3 saturated heterocycles. The third kappa shape index (κ3) is 28.0. The fourth-order valence-corrected chi connectivity index (χ4v) is 17.6. The number of aromatic amines is 1. The number of aliphatic hydroxyl groups excluding tert-OH is 1. The lowest BCUT2D eigenvalue weighted by molar-refractivity contribution is -0.265. The molecule has 0 unspecified atom stereocenters. The Kier molecular flexibility index (Phi) is 38.6. The summed E-state index contributed by atoms with van der Waals surface area (Å²) in [5.74, 6) is -7.74. The predicted molar refractivity (Wildman–Crippen MR) is 484 cm³/mol. The molecule has 0 aromatic carbocycles. The van der Waals surface area contributed by atoms with Crippen LogP contribution in [-0.4, -0.2) is 280 Å². The largest absolute Gasteiger partial charge is 0.460 e. The number of esters is 2. The number of aryl methyl sites for hydroxylation is 2. The number of nitrogen functional groups attached to an aromatic ring is 1. The number of cyclic esters (lactones) is 1. The fraction of sp³-hybridized carbons (Fsp3) is 0.621. The number of unbranched alkanes of at least 4 members (excludes halogenated alkanes) is 1. The number of anilines is 3. The number of Topliss-reactive ketones (excluding diaryl/α,β-unsaturated/α-hetero) is 4. The van der Waals surface area contributed by atoms with Gasteiger partial charge < -0.3 is 88.3 Å². The summed E-state index contributed by atoms with van der Waals surface area (Å²) in [6.45, 7) is 18.7. The van der Waals surface area contributed by atoms with Gasteiger partial charge in [0.2, 0.25) is 17.7 Å². The monoisotopic (exact) mass is 1800 g/mol. The van der Waals surface area contributed by atoms with E-state index < -0.39 is 95.9 Å². The molecule has 35 heteroatoms. The van der Waals surface area contributed by atoms with E-state index in [1.54, 1.807) is 79.0 Å². The summed E-state index contributed by atoms with van der Waals surface area (Å²) >= 11 is 0. The van der Waals surface area contributed by atoms with Crippen LogP contribution in [0.5, 0.6) is 0 Å². The van der Waals surface area contributed by atoms with Gasteiger partial charge in [-0.25, -0.2) is 44.4 Å². The summed E-state index contributed by atoms with van der Waals surface area (Å²) in [6.07, 6.45) is 24.8. The predicted octanol–water partition coefficient (Wildman–Crippen LogP) is 9.55. The van der Waals surface area contributed by atoms with Gasteiger partial charge in [-0.3, -0.25) is 33.6 Å². The first-order valence-corrected chi connectivity index (χ1v) is 46.1. The number of rotatable bonds is 35. The van der Waals surface area contributed by atoms with E-state index in [-0.39, 0.29) is 86.3 Å². The highest BCUT2D eigenvalue weighted by Crippen LogP contribution is 2.40. The summed E-state index contributed by atoms with van der Waals surface area (Å²) in [4.78, 5) is 151. The zero-order valence-electron chi connectivity index (χ0n) is 77.0.